The van der Waals surface area contributed by atoms with E-state index in [2.05, 4.69) is 10.3 Å². The third-order valence-corrected chi connectivity index (χ3v) is 1.61. The van der Waals surface area contributed by atoms with Crippen LogP contribution in [0.15, 0.2) is 18.3 Å². The summed E-state index contributed by atoms with van der Waals surface area (Å²) in [5.74, 6) is 0.592. The number of nitrogens with zero attached hydrogens (tertiary/aromatic N) is 1. The lowest BCUT2D eigenvalue weighted by atomic mass is 10.3. The summed E-state index contributed by atoms with van der Waals surface area (Å²) in [6.07, 6.45) is 1.71. The molecule has 4 heteroatoms. The van der Waals surface area contributed by atoms with Crippen molar-refractivity contribution < 1.29 is 9.13 Å². The van der Waals surface area contributed by atoms with Gasteiger partial charge in [0.05, 0.1) is 7.11 Å². The molecule has 0 aliphatic heterocycles. The molecule has 13 heavy (non-hydrogen) atoms. The summed E-state index contributed by atoms with van der Waals surface area (Å²) in [6, 6.07) is 3.68. The predicted molar refractivity (Wildman–Crippen MR) is 48.5 cm³/mol. The standard InChI is InChI=1S/C9H13FN2O/c1-13-9-3-2-8(7-12-9)6-11-5-4-10/h2-3,7,11H,4-6H2,1H3. The lowest BCUT2D eigenvalue weighted by molar-refractivity contribution is 0.397. The summed E-state index contributed by atoms with van der Waals surface area (Å²) in [6.45, 7) is 0.677. The zero-order chi connectivity index (χ0) is 9.52. The van der Waals surface area contributed by atoms with Crippen LogP contribution >= 0.6 is 0 Å². The predicted octanol–water partition coefficient (Wildman–Crippen LogP) is 1.15. The molecular weight excluding hydrogens is 171 g/mol. The first-order valence-electron chi connectivity index (χ1n) is 4.12. The van der Waals surface area contributed by atoms with Crippen LogP contribution in [0.5, 0.6) is 5.88 Å². The molecule has 1 rings (SSSR count). The normalized spacial score (nSPS) is 10.0. The summed E-state index contributed by atoms with van der Waals surface area (Å²) in [5, 5.41) is 2.93. The highest BCUT2D eigenvalue weighted by molar-refractivity contribution is 5.17. The van der Waals surface area contributed by atoms with Gasteiger partial charge in [-0.3, -0.25) is 0 Å². The molecule has 1 aromatic rings. The van der Waals surface area contributed by atoms with E-state index >= 15 is 0 Å². The lowest BCUT2D eigenvalue weighted by Crippen LogP contribution is -2.15. The maximum atomic E-state index is 11.7. The maximum Gasteiger partial charge on any atom is 0.212 e. The second-order valence-electron chi connectivity index (χ2n) is 2.57. The molecule has 1 N–H and O–H groups in total. The number of alkyl halides is 1. The van der Waals surface area contributed by atoms with Gasteiger partial charge in [-0.2, -0.15) is 0 Å². The van der Waals surface area contributed by atoms with Crippen LogP contribution in [0, 0.1) is 0 Å². The van der Waals surface area contributed by atoms with Crippen molar-refractivity contribution in [3.63, 3.8) is 0 Å². The third kappa shape index (κ3) is 3.38. The van der Waals surface area contributed by atoms with E-state index in [1.165, 1.54) is 0 Å². The van der Waals surface area contributed by atoms with Crippen molar-refractivity contribution in [3.8, 4) is 5.88 Å². The molecule has 0 fully saturated rings. The van der Waals surface area contributed by atoms with Crippen molar-refractivity contribution in [2.24, 2.45) is 0 Å². The number of aromatic nitrogens is 1. The maximum absolute atomic E-state index is 11.7. The van der Waals surface area contributed by atoms with Gasteiger partial charge in [-0.05, 0) is 5.56 Å². The van der Waals surface area contributed by atoms with Gasteiger partial charge in [0, 0.05) is 25.4 Å². The Bertz CT molecular complexity index is 238. The van der Waals surface area contributed by atoms with Gasteiger partial charge in [-0.25, -0.2) is 9.37 Å². The quantitative estimate of drug-likeness (QED) is 0.697. The number of hydrogen-bond acceptors (Lipinski definition) is 3. The Labute approximate surface area is 76.9 Å². The lowest BCUT2D eigenvalue weighted by Gasteiger charge is -2.02. The van der Waals surface area contributed by atoms with Crippen LogP contribution in [-0.4, -0.2) is 25.3 Å². The summed E-state index contributed by atoms with van der Waals surface area (Å²) in [4.78, 5) is 4.02. The van der Waals surface area contributed by atoms with Crippen LogP contribution in [0.2, 0.25) is 0 Å². The van der Waals surface area contributed by atoms with Gasteiger partial charge < -0.3 is 10.1 Å². The molecule has 0 radical (unpaired) electrons. The zero-order valence-corrected chi connectivity index (χ0v) is 7.59. The Balaban J connectivity index is 2.40. The number of rotatable bonds is 5. The SMILES string of the molecule is COc1ccc(CNCCF)cn1. The van der Waals surface area contributed by atoms with Gasteiger partial charge in [0.25, 0.3) is 0 Å². The number of halogens is 1. The molecule has 0 spiro atoms. The molecule has 0 aromatic carbocycles. The molecule has 72 valence electrons. The minimum absolute atomic E-state index is 0.344. The topological polar surface area (TPSA) is 34.1 Å². The van der Waals surface area contributed by atoms with Crippen molar-refractivity contribution in [2.75, 3.05) is 20.3 Å². The van der Waals surface area contributed by atoms with E-state index in [9.17, 15) is 4.39 Å². The molecule has 0 atom stereocenters. The Morgan fingerprint density at radius 2 is 2.38 bits per heavy atom. The molecule has 0 aliphatic carbocycles. The van der Waals surface area contributed by atoms with Gasteiger partial charge in [0.2, 0.25) is 5.88 Å². The highest BCUT2D eigenvalue weighted by atomic mass is 19.1. The van der Waals surface area contributed by atoms with Gasteiger partial charge in [0.1, 0.15) is 6.67 Å². The second-order valence-corrected chi connectivity index (χ2v) is 2.57. The molecule has 1 aromatic heterocycles. The molecule has 1 heterocycles. The van der Waals surface area contributed by atoms with E-state index in [0.717, 1.165) is 5.56 Å². The minimum atomic E-state index is -0.344. The first-order valence-corrected chi connectivity index (χ1v) is 4.12. The summed E-state index contributed by atoms with van der Waals surface area (Å²) >= 11 is 0. The highest BCUT2D eigenvalue weighted by Crippen LogP contribution is 2.05. The van der Waals surface area contributed by atoms with E-state index in [0.29, 0.717) is 19.0 Å². The number of pyridine rings is 1. The Hall–Kier alpha value is -1.16. The zero-order valence-electron chi connectivity index (χ0n) is 7.59. The molecule has 0 aliphatic rings. The summed E-state index contributed by atoms with van der Waals surface area (Å²) in [7, 11) is 1.57. The third-order valence-electron chi connectivity index (χ3n) is 1.61. The first-order chi connectivity index (χ1) is 6.36. The van der Waals surface area contributed by atoms with Crippen LogP contribution in [0.1, 0.15) is 5.56 Å². The molecule has 0 unspecified atom stereocenters. The Morgan fingerprint density at radius 3 is 2.92 bits per heavy atom. The van der Waals surface area contributed by atoms with Crippen molar-refractivity contribution in [2.45, 2.75) is 6.54 Å². The van der Waals surface area contributed by atoms with Gasteiger partial charge in [0.15, 0.2) is 0 Å². The fourth-order valence-electron chi connectivity index (χ4n) is 0.936. The van der Waals surface area contributed by atoms with E-state index in [-0.39, 0.29) is 6.67 Å². The molecular formula is C9H13FN2O. The van der Waals surface area contributed by atoms with Gasteiger partial charge in [-0.1, -0.05) is 6.07 Å². The highest BCUT2D eigenvalue weighted by Gasteiger charge is 1.94. The van der Waals surface area contributed by atoms with Gasteiger partial charge >= 0.3 is 0 Å². The smallest absolute Gasteiger partial charge is 0.212 e. The van der Waals surface area contributed by atoms with Crippen LogP contribution in [-0.2, 0) is 6.54 Å². The summed E-state index contributed by atoms with van der Waals surface area (Å²) in [5.41, 5.74) is 1.02. The monoisotopic (exact) mass is 184 g/mol. The number of methoxy groups -OCH3 is 1. The summed E-state index contributed by atoms with van der Waals surface area (Å²) < 4.78 is 16.6. The Kier molecular flexibility index (Phi) is 4.18. The average molecular weight is 184 g/mol. The molecule has 0 saturated carbocycles. The number of nitrogens with one attached hydrogen (secondary N) is 1. The number of hydrogen-bond donors (Lipinski definition) is 1. The fraction of sp³-hybridized carbons (Fsp3) is 0.444. The second kappa shape index (κ2) is 5.48. The van der Waals surface area contributed by atoms with E-state index in [1.54, 1.807) is 19.4 Å². The van der Waals surface area contributed by atoms with Crippen molar-refractivity contribution in [1.29, 1.82) is 0 Å². The van der Waals surface area contributed by atoms with Crippen LogP contribution in [0.3, 0.4) is 0 Å². The first kappa shape index (κ1) is 9.92. The molecule has 3 nitrogen and oxygen atoms in total. The minimum Gasteiger partial charge on any atom is -0.481 e. The Morgan fingerprint density at radius 1 is 1.54 bits per heavy atom. The van der Waals surface area contributed by atoms with Crippen LogP contribution in [0.25, 0.3) is 0 Å². The number of ether oxygens (including phenoxy) is 1. The fourth-order valence-corrected chi connectivity index (χ4v) is 0.936. The largest absolute Gasteiger partial charge is 0.481 e. The average Bonchev–Trinajstić information content (AvgIpc) is 2.19. The van der Waals surface area contributed by atoms with E-state index < -0.39 is 0 Å². The molecule has 0 bridgehead atoms. The molecule has 0 saturated heterocycles. The van der Waals surface area contributed by atoms with Crippen molar-refractivity contribution in [1.82, 2.24) is 10.3 Å². The molecule has 0 amide bonds. The van der Waals surface area contributed by atoms with E-state index in [4.69, 9.17) is 4.74 Å². The van der Waals surface area contributed by atoms with Crippen molar-refractivity contribution in [3.05, 3.63) is 23.9 Å². The van der Waals surface area contributed by atoms with Crippen LogP contribution < -0.4 is 10.1 Å². The van der Waals surface area contributed by atoms with Crippen molar-refractivity contribution >= 4 is 0 Å². The van der Waals surface area contributed by atoms with Gasteiger partial charge in [-0.15, -0.1) is 0 Å². The van der Waals surface area contributed by atoms with E-state index in [1.807, 2.05) is 6.07 Å². The van der Waals surface area contributed by atoms with Crippen LogP contribution in [0.4, 0.5) is 4.39 Å².